The van der Waals surface area contributed by atoms with E-state index >= 15 is 0 Å². The molecule has 0 spiro atoms. The van der Waals surface area contributed by atoms with Crippen molar-refractivity contribution in [2.45, 2.75) is 18.5 Å². The summed E-state index contributed by atoms with van der Waals surface area (Å²) in [5, 5.41) is 10.1. The second kappa shape index (κ2) is 7.78. The van der Waals surface area contributed by atoms with Gasteiger partial charge in [-0.15, -0.1) is 0 Å². The Morgan fingerprint density at radius 2 is 1.81 bits per heavy atom. The number of pyridine rings is 1. The molecule has 0 unspecified atom stereocenters. The average Bonchev–Trinajstić information content (AvgIpc) is 3.25. The molecular weight excluding hydrogens is 393 g/mol. The van der Waals surface area contributed by atoms with E-state index in [-0.39, 0.29) is 36.3 Å². The summed E-state index contributed by atoms with van der Waals surface area (Å²) in [6.07, 6.45) is 4.09. The molecule has 0 saturated carbocycles. The smallest absolute Gasteiger partial charge is 0.254 e. The highest BCUT2D eigenvalue weighted by Gasteiger charge is 2.47. The molecule has 158 valence electrons. The van der Waals surface area contributed by atoms with E-state index in [9.17, 15) is 14.3 Å². The number of hydrogen-bond donors (Lipinski definition) is 1. The quantitative estimate of drug-likeness (QED) is 0.702. The van der Waals surface area contributed by atoms with E-state index < -0.39 is 0 Å². The van der Waals surface area contributed by atoms with Crippen LogP contribution in [0.2, 0.25) is 0 Å². The third-order valence-corrected chi connectivity index (χ3v) is 6.72. The fourth-order valence-electron chi connectivity index (χ4n) is 5.16. The number of hydrogen-bond acceptors (Lipinski definition) is 4. The average molecular weight is 417 g/mol. The van der Waals surface area contributed by atoms with Crippen LogP contribution in [0, 0.1) is 11.7 Å². The lowest BCUT2D eigenvalue weighted by Crippen LogP contribution is -2.48. The summed E-state index contributed by atoms with van der Waals surface area (Å²) in [7, 11) is 2.00. The molecule has 0 bridgehead atoms. The zero-order valence-electron chi connectivity index (χ0n) is 17.3. The van der Waals surface area contributed by atoms with Crippen LogP contribution in [0.3, 0.4) is 0 Å². The second-order valence-electron chi connectivity index (χ2n) is 8.27. The number of amides is 1. The lowest BCUT2D eigenvalue weighted by atomic mass is 9.81. The van der Waals surface area contributed by atoms with Gasteiger partial charge in [-0.05, 0) is 59.5 Å². The van der Waals surface area contributed by atoms with Gasteiger partial charge < -0.3 is 14.9 Å². The van der Waals surface area contributed by atoms with Crippen molar-refractivity contribution in [3.8, 4) is 11.1 Å². The summed E-state index contributed by atoms with van der Waals surface area (Å²) in [4.78, 5) is 21.4. The number of aromatic nitrogens is 1. The predicted octanol–water partition coefficient (Wildman–Crippen LogP) is 3.90. The van der Waals surface area contributed by atoms with E-state index in [4.69, 9.17) is 0 Å². The number of nitrogens with zero attached hydrogens (tertiary/aromatic N) is 3. The molecule has 2 aliphatic heterocycles. The van der Waals surface area contributed by atoms with Crippen LogP contribution in [0.1, 0.15) is 28.4 Å². The van der Waals surface area contributed by atoms with Gasteiger partial charge in [0.15, 0.2) is 0 Å². The highest BCUT2D eigenvalue weighted by molar-refractivity contribution is 5.95. The molecule has 5 nitrogen and oxygen atoms in total. The molecule has 31 heavy (non-hydrogen) atoms. The largest absolute Gasteiger partial charge is 0.394 e. The first kappa shape index (κ1) is 19.7. The number of carbonyl (C=O) groups is 1. The fourth-order valence-corrected chi connectivity index (χ4v) is 5.16. The van der Waals surface area contributed by atoms with E-state index in [0.29, 0.717) is 12.1 Å². The molecule has 5 rings (SSSR count). The summed E-state index contributed by atoms with van der Waals surface area (Å²) in [6.45, 7) is 0.676. The van der Waals surface area contributed by atoms with E-state index in [2.05, 4.69) is 16.0 Å². The maximum absolute atomic E-state index is 13.4. The third kappa shape index (κ3) is 3.27. The van der Waals surface area contributed by atoms with Crippen LogP contribution in [0.5, 0.6) is 0 Å². The van der Waals surface area contributed by atoms with Gasteiger partial charge in [0.25, 0.3) is 5.91 Å². The van der Waals surface area contributed by atoms with E-state index in [0.717, 1.165) is 28.8 Å². The molecule has 3 aromatic rings. The SMILES string of the molecule is CN1c2ccc(-c3ccc(F)cc3)cc2[C@@H]2[C@@H](CCN2C(=O)c2ccncc2)[C@@H]1CO. The monoisotopic (exact) mass is 417 g/mol. The van der Waals surface area contributed by atoms with Gasteiger partial charge in [0.05, 0.1) is 18.7 Å². The van der Waals surface area contributed by atoms with Gasteiger partial charge in [0.2, 0.25) is 0 Å². The van der Waals surface area contributed by atoms with E-state index in [1.165, 1.54) is 12.1 Å². The van der Waals surface area contributed by atoms with Crippen LogP contribution < -0.4 is 4.90 Å². The zero-order chi connectivity index (χ0) is 21.5. The summed E-state index contributed by atoms with van der Waals surface area (Å²) >= 11 is 0. The number of halogens is 1. The zero-order valence-corrected chi connectivity index (χ0v) is 17.3. The molecule has 0 aliphatic carbocycles. The van der Waals surface area contributed by atoms with E-state index in [1.807, 2.05) is 24.1 Å². The summed E-state index contributed by atoms with van der Waals surface area (Å²) in [6, 6.07) is 15.9. The molecule has 1 N–H and O–H groups in total. The Bertz CT molecular complexity index is 1100. The molecule has 0 radical (unpaired) electrons. The van der Waals surface area contributed by atoms with Gasteiger partial charge in [-0.2, -0.15) is 0 Å². The lowest BCUT2D eigenvalue weighted by molar-refractivity contribution is 0.0694. The fraction of sp³-hybridized carbons (Fsp3) is 0.280. The maximum Gasteiger partial charge on any atom is 0.254 e. The van der Waals surface area contributed by atoms with Gasteiger partial charge in [0, 0.05) is 43.2 Å². The van der Waals surface area contributed by atoms with Crippen molar-refractivity contribution in [2.75, 3.05) is 25.1 Å². The molecule has 1 amide bonds. The topological polar surface area (TPSA) is 56.7 Å². The first-order chi connectivity index (χ1) is 15.1. The Hall–Kier alpha value is -3.25. The molecule has 1 fully saturated rings. The standard InChI is InChI=1S/C25H24FN3O2/c1-28-22-7-4-18(16-2-5-19(26)6-3-16)14-21(22)24-20(23(28)15-30)10-13-29(24)25(31)17-8-11-27-12-9-17/h2-9,11-12,14,20,23-24,30H,10,13,15H2,1H3/t20-,23-,24-/m0/s1. The Morgan fingerprint density at radius 3 is 2.52 bits per heavy atom. The highest BCUT2D eigenvalue weighted by atomic mass is 19.1. The third-order valence-electron chi connectivity index (χ3n) is 6.72. The van der Waals surface area contributed by atoms with E-state index in [1.54, 1.807) is 36.7 Å². The number of rotatable bonds is 3. The highest BCUT2D eigenvalue weighted by Crippen LogP contribution is 2.49. The molecule has 6 heteroatoms. The summed E-state index contributed by atoms with van der Waals surface area (Å²) < 4.78 is 13.4. The number of carbonyl (C=O) groups excluding carboxylic acids is 1. The number of anilines is 1. The van der Waals surface area contributed by atoms with Crippen LogP contribution in [-0.4, -0.2) is 47.1 Å². The molecule has 1 aromatic heterocycles. The number of benzene rings is 2. The van der Waals surface area contributed by atoms with Gasteiger partial charge >= 0.3 is 0 Å². The van der Waals surface area contributed by atoms with Gasteiger partial charge in [-0.1, -0.05) is 18.2 Å². The number of likely N-dealkylation sites (N-methyl/N-ethyl adjacent to an activating group) is 1. The number of aliphatic hydroxyl groups excluding tert-OH is 1. The van der Waals surface area contributed by atoms with Gasteiger partial charge in [-0.3, -0.25) is 9.78 Å². The summed E-state index contributed by atoms with van der Waals surface area (Å²) in [5.41, 5.74) is 4.61. The summed E-state index contributed by atoms with van der Waals surface area (Å²) in [5.74, 6) is -0.150. The number of likely N-dealkylation sites (tertiary alicyclic amines) is 1. The Balaban J connectivity index is 1.60. The van der Waals surface area contributed by atoms with Crippen molar-refractivity contribution in [2.24, 2.45) is 5.92 Å². The van der Waals surface area contributed by atoms with Crippen molar-refractivity contribution < 1.29 is 14.3 Å². The molecule has 1 saturated heterocycles. The van der Waals surface area contributed by atoms with Crippen LogP contribution in [0.15, 0.2) is 67.0 Å². The predicted molar refractivity (Wildman–Crippen MR) is 117 cm³/mol. The molecular formula is C25H24FN3O2. The maximum atomic E-state index is 13.4. The molecule has 3 atom stereocenters. The van der Waals surface area contributed by atoms with Crippen LogP contribution >= 0.6 is 0 Å². The van der Waals surface area contributed by atoms with Gasteiger partial charge in [0.1, 0.15) is 5.82 Å². The first-order valence-electron chi connectivity index (χ1n) is 10.5. The number of aliphatic hydroxyl groups is 1. The van der Waals surface area contributed by atoms with Gasteiger partial charge in [-0.25, -0.2) is 4.39 Å². The van der Waals surface area contributed by atoms with Crippen molar-refractivity contribution in [3.63, 3.8) is 0 Å². The number of fused-ring (bicyclic) bond motifs is 3. The Kier molecular flexibility index (Phi) is 4.94. The van der Waals surface area contributed by atoms with Crippen LogP contribution in [-0.2, 0) is 0 Å². The molecule has 3 heterocycles. The lowest BCUT2D eigenvalue weighted by Gasteiger charge is -2.44. The minimum Gasteiger partial charge on any atom is -0.394 e. The molecule has 2 aromatic carbocycles. The minimum absolute atomic E-state index is 0.0192. The second-order valence-corrected chi connectivity index (χ2v) is 8.27. The van der Waals surface area contributed by atoms with Crippen molar-refractivity contribution in [1.29, 1.82) is 0 Å². The normalized spacial score (nSPS) is 22.2. The minimum atomic E-state index is -0.266. The Labute approximate surface area is 180 Å². The molecule has 2 aliphatic rings. The van der Waals surface area contributed by atoms with Crippen molar-refractivity contribution in [1.82, 2.24) is 9.88 Å². The van der Waals surface area contributed by atoms with Crippen molar-refractivity contribution in [3.05, 3.63) is 83.9 Å². The van der Waals surface area contributed by atoms with Crippen LogP contribution in [0.4, 0.5) is 10.1 Å². The first-order valence-corrected chi connectivity index (χ1v) is 10.5. The van der Waals surface area contributed by atoms with Crippen LogP contribution in [0.25, 0.3) is 11.1 Å². The Morgan fingerprint density at radius 1 is 1.10 bits per heavy atom. The van der Waals surface area contributed by atoms with Crippen molar-refractivity contribution >= 4 is 11.6 Å².